The smallest absolute Gasteiger partial charge is 0.258 e. The molecule has 1 atom stereocenters. The highest BCUT2D eigenvalue weighted by Crippen LogP contribution is 2.26. The standard InChI is InChI=1S/C20H22FNO4S/c1-2-26-19-10-6-4-8-17(19)20(23)22(16-11-12-27(24,25)14-16)13-15-7-3-5-9-18(15)21/h3-10,16H,2,11-14H2,1H3/t16-/m0/s1. The first-order valence-corrected chi connectivity index (χ1v) is 10.7. The number of halogens is 1. The van der Waals surface area contributed by atoms with E-state index >= 15 is 0 Å². The number of nitrogens with zero attached hydrogens (tertiary/aromatic N) is 1. The van der Waals surface area contributed by atoms with Crippen LogP contribution in [0.2, 0.25) is 0 Å². The number of sulfone groups is 1. The molecule has 5 nitrogen and oxygen atoms in total. The normalized spacial score (nSPS) is 18.2. The van der Waals surface area contributed by atoms with Crippen molar-refractivity contribution in [2.75, 3.05) is 18.1 Å². The van der Waals surface area contributed by atoms with Crippen molar-refractivity contribution in [2.45, 2.75) is 25.9 Å². The van der Waals surface area contributed by atoms with Crippen LogP contribution in [0.25, 0.3) is 0 Å². The zero-order valence-corrected chi connectivity index (χ0v) is 15.9. The maximum Gasteiger partial charge on any atom is 0.258 e. The van der Waals surface area contributed by atoms with Crippen LogP contribution in [-0.2, 0) is 16.4 Å². The lowest BCUT2D eigenvalue weighted by atomic mass is 10.1. The molecule has 7 heteroatoms. The molecule has 1 aliphatic heterocycles. The van der Waals surface area contributed by atoms with Gasteiger partial charge in [-0.25, -0.2) is 12.8 Å². The van der Waals surface area contributed by atoms with E-state index in [1.54, 1.807) is 42.5 Å². The zero-order valence-electron chi connectivity index (χ0n) is 15.1. The maximum atomic E-state index is 14.2. The van der Waals surface area contributed by atoms with Crippen LogP contribution in [0.1, 0.15) is 29.3 Å². The molecule has 0 aliphatic carbocycles. The Labute approximate surface area is 158 Å². The van der Waals surface area contributed by atoms with Crippen LogP contribution < -0.4 is 4.74 Å². The molecular formula is C20H22FNO4S. The van der Waals surface area contributed by atoms with E-state index in [4.69, 9.17) is 4.74 Å². The Balaban J connectivity index is 1.97. The SMILES string of the molecule is CCOc1ccccc1C(=O)N(Cc1ccccc1F)[C@H]1CCS(=O)(=O)C1. The molecule has 0 unspecified atom stereocenters. The van der Waals surface area contributed by atoms with Gasteiger partial charge in [0.05, 0.1) is 23.7 Å². The lowest BCUT2D eigenvalue weighted by molar-refractivity contribution is 0.0675. The molecule has 144 valence electrons. The fourth-order valence-corrected chi connectivity index (χ4v) is 5.01. The van der Waals surface area contributed by atoms with Gasteiger partial charge in [0.2, 0.25) is 0 Å². The topological polar surface area (TPSA) is 63.7 Å². The monoisotopic (exact) mass is 391 g/mol. The van der Waals surface area contributed by atoms with Gasteiger partial charge in [0.25, 0.3) is 5.91 Å². The molecular weight excluding hydrogens is 369 g/mol. The molecule has 1 aliphatic rings. The first-order chi connectivity index (χ1) is 12.9. The van der Waals surface area contributed by atoms with Crippen LogP contribution in [0.3, 0.4) is 0 Å². The van der Waals surface area contributed by atoms with Crippen molar-refractivity contribution in [3.8, 4) is 5.75 Å². The Morgan fingerprint density at radius 3 is 2.56 bits per heavy atom. The second-order valence-corrected chi connectivity index (χ2v) is 8.74. The number of hydrogen-bond donors (Lipinski definition) is 0. The first kappa shape index (κ1) is 19.4. The molecule has 1 fully saturated rings. The second-order valence-electron chi connectivity index (χ2n) is 6.51. The predicted octanol–water partition coefficient (Wildman–Crippen LogP) is 3.05. The minimum atomic E-state index is -3.20. The first-order valence-electron chi connectivity index (χ1n) is 8.88. The number of rotatable bonds is 6. The van der Waals surface area contributed by atoms with Crippen LogP contribution in [0.5, 0.6) is 5.75 Å². The molecule has 27 heavy (non-hydrogen) atoms. The summed E-state index contributed by atoms with van der Waals surface area (Å²) in [6, 6.07) is 12.6. The predicted molar refractivity (Wildman–Crippen MR) is 101 cm³/mol. The van der Waals surface area contributed by atoms with Crippen molar-refractivity contribution in [3.63, 3.8) is 0 Å². The van der Waals surface area contributed by atoms with Gasteiger partial charge in [0.1, 0.15) is 11.6 Å². The van der Waals surface area contributed by atoms with Crippen molar-refractivity contribution in [2.24, 2.45) is 0 Å². The van der Waals surface area contributed by atoms with Gasteiger partial charge in [-0.05, 0) is 31.5 Å². The van der Waals surface area contributed by atoms with Crippen molar-refractivity contribution in [1.29, 1.82) is 0 Å². The highest BCUT2D eigenvalue weighted by atomic mass is 32.2. The number of amides is 1. The van der Waals surface area contributed by atoms with E-state index in [-0.39, 0.29) is 24.0 Å². The molecule has 1 heterocycles. The van der Waals surface area contributed by atoms with Crippen LogP contribution in [0, 0.1) is 5.82 Å². The highest BCUT2D eigenvalue weighted by molar-refractivity contribution is 7.91. The van der Waals surface area contributed by atoms with Crippen LogP contribution in [0.15, 0.2) is 48.5 Å². The minimum Gasteiger partial charge on any atom is -0.493 e. The molecule has 1 amide bonds. The van der Waals surface area contributed by atoms with E-state index in [1.165, 1.54) is 11.0 Å². The van der Waals surface area contributed by atoms with E-state index in [1.807, 2.05) is 6.92 Å². The van der Waals surface area contributed by atoms with Gasteiger partial charge in [-0.2, -0.15) is 0 Å². The summed E-state index contributed by atoms with van der Waals surface area (Å²) in [7, 11) is -3.20. The van der Waals surface area contributed by atoms with E-state index in [0.717, 1.165) is 0 Å². The fraction of sp³-hybridized carbons (Fsp3) is 0.350. The lowest BCUT2D eigenvalue weighted by Gasteiger charge is -2.29. The van der Waals surface area contributed by atoms with Crippen molar-refractivity contribution >= 4 is 15.7 Å². The van der Waals surface area contributed by atoms with E-state index < -0.39 is 21.7 Å². The molecule has 0 radical (unpaired) electrons. The summed E-state index contributed by atoms with van der Waals surface area (Å²) in [5, 5.41) is 0. The van der Waals surface area contributed by atoms with Gasteiger partial charge >= 0.3 is 0 Å². The summed E-state index contributed by atoms with van der Waals surface area (Å²) < 4.78 is 43.6. The summed E-state index contributed by atoms with van der Waals surface area (Å²) >= 11 is 0. The average molecular weight is 391 g/mol. The Kier molecular flexibility index (Phi) is 5.79. The molecule has 2 aromatic carbocycles. The van der Waals surface area contributed by atoms with Gasteiger partial charge in [0, 0.05) is 18.2 Å². The molecule has 2 aromatic rings. The Hall–Kier alpha value is -2.41. The van der Waals surface area contributed by atoms with Crippen LogP contribution in [0.4, 0.5) is 4.39 Å². The second kappa shape index (κ2) is 8.08. The van der Waals surface area contributed by atoms with Gasteiger partial charge in [0.15, 0.2) is 9.84 Å². The van der Waals surface area contributed by atoms with Crippen molar-refractivity contribution < 1.29 is 22.3 Å². The molecule has 1 saturated heterocycles. The maximum absolute atomic E-state index is 14.2. The average Bonchev–Trinajstić information content (AvgIpc) is 3.01. The van der Waals surface area contributed by atoms with Crippen LogP contribution >= 0.6 is 0 Å². The quantitative estimate of drug-likeness (QED) is 0.759. The molecule has 0 spiro atoms. The third kappa shape index (κ3) is 4.47. The Morgan fingerprint density at radius 2 is 1.89 bits per heavy atom. The number of carbonyl (C=O) groups is 1. The van der Waals surface area contributed by atoms with Gasteiger partial charge in [-0.3, -0.25) is 4.79 Å². The van der Waals surface area contributed by atoms with E-state index in [2.05, 4.69) is 0 Å². The highest BCUT2D eigenvalue weighted by Gasteiger charge is 2.36. The number of benzene rings is 2. The summed E-state index contributed by atoms with van der Waals surface area (Å²) in [4.78, 5) is 14.7. The number of carbonyl (C=O) groups excluding carboxylic acids is 1. The summed E-state index contributed by atoms with van der Waals surface area (Å²) in [5.41, 5.74) is 0.698. The molecule has 0 bridgehead atoms. The largest absolute Gasteiger partial charge is 0.493 e. The van der Waals surface area contributed by atoms with Gasteiger partial charge in [-0.15, -0.1) is 0 Å². The van der Waals surface area contributed by atoms with E-state index in [9.17, 15) is 17.6 Å². The third-order valence-corrected chi connectivity index (χ3v) is 6.38. The number of hydrogen-bond acceptors (Lipinski definition) is 4. The summed E-state index contributed by atoms with van der Waals surface area (Å²) in [6.45, 7) is 2.23. The van der Waals surface area contributed by atoms with Gasteiger partial charge in [-0.1, -0.05) is 30.3 Å². The number of para-hydroxylation sites is 1. The Bertz CT molecular complexity index is 929. The minimum absolute atomic E-state index is 0.00610. The fourth-order valence-electron chi connectivity index (χ4n) is 3.28. The molecule has 3 rings (SSSR count). The number of ether oxygens (including phenoxy) is 1. The Morgan fingerprint density at radius 1 is 1.19 bits per heavy atom. The van der Waals surface area contributed by atoms with Crippen molar-refractivity contribution in [1.82, 2.24) is 4.90 Å². The zero-order chi connectivity index (χ0) is 19.4. The summed E-state index contributed by atoms with van der Waals surface area (Å²) in [6.07, 6.45) is 0.347. The third-order valence-electron chi connectivity index (χ3n) is 4.63. The van der Waals surface area contributed by atoms with Gasteiger partial charge < -0.3 is 9.64 Å². The lowest BCUT2D eigenvalue weighted by Crippen LogP contribution is -2.41. The van der Waals surface area contributed by atoms with E-state index in [0.29, 0.717) is 29.9 Å². The van der Waals surface area contributed by atoms with Crippen molar-refractivity contribution in [3.05, 3.63) is 65.5 Å². The molecule has 0 aromatic heterocycles. The van der Waals surface area contributed by atoms with Crippen LogP contribution in [-0.4, -0.2) is 43.4 Å². The summed E-state index contributed by atoms with van der Waals surface area (Å²) in [5.74, 6) is -0.418. The molecule has 0 saturated carbocycles. The molecule has 0 N–H and O–H groups in total.